The molecule has 0 saturated carbocycles. The van der Waals surface area contributed by atoms with E-state index in [4.69, 9.17) is 20.9 Å². The summed E-state index contributed by atoms with van der Waals surface area (Å²) in [5, 5.41) is 12.9. The van der Waals surface area contributed by atoms with Crippen LogP contribution in [0.25, 0.3) is 0 Å². The highest BCUT2D eigenvalue weighted by Crippen LogP contribution is 2.34. The molecule has 5 N–H and O–H groups in total. The summed E-state index contributed by atoms with van der Waals surface area (Å²) in [5.41, 5.74) is 16.5. The largest absolute Gasteiger partial charge is 0.493 e. The number of fused-ring (bicyclic) bond motifs is 1. The van der Waals surface area contributed by atoms with Crippen molar-refractivity contribution in [2.24, 2.45) is 5.16 Å². The van der Waals surface area contributed by atoms with Crippen LogP contribution in [0.4, 0.5) is 17.5 Å². The number of carbonyl (C=O) groups is 1. The van der Waals surface area contributed by atoms with Crippen LogP contribution in [0.15, 0.2) is 72.0 Å². The van der Waals surface area contributed by atoms with E-state index in [9.17, 15) is 10.0 Å². The van der Waals surface area contributed by atoms with E-state index in [1.165, 1.54) is 0 Å². The van der Waals surface area contributed by atoms with Crippen LogP contribution in [-0.2, 0) is 17.8 Å². The highest BCUT2D eigenvalue weighted by molar-refractivity contribution is 6.54. The van der Waals surface area contributed by atoms with Crippen molar-refractivity contribution < 1.29 is 19.5 Å². The van der Waals surface area contributed by atoms with E-state index in [1.54, 1.807) is 37.4 Å². The van der Waals surface area contributed by atoms with Gasteiger partial charge in [0.15, 0.2) is 17.2 Å². The Hall–Kier alpha value is -5.56. The molecule has 1 aromatic heterocycles. The minimum absolute atomic E-state index is 0.0286. The van der Waals surface area contributed by atoms with E-state index < -0.39 is 0 Å². The van der Waals surface area contributed by atoms with Gasteiger partial charge < -0.3 is 31.0 Å². The van der Waals surface area contributed by atoms with Gasteiger partial charge in [0.1, 0.15) is 5.82 Å². The maximum Gasteiger partial charge on any atom is 0.281 e. The van der Waals surface area contributed by atoms with Gasteiger partial charge in [0, 0.05) is 29.3 Å². The van der Waals surface area contributed by atoms with E-state index >= 15 is 0 Å². The summed E-state index contributed by atoms with van der Waals surface area (Å²) in [5.74, 6) is 7.29. The lowest BCUT2D eigenvalue weighted by Gasteiger charge is -2.16. The minimum Gasteiger partial charge on any atom is -0.493 e. The molecule has 10 nitrogen and oxygen atoms in total. The summed E-state index contributed by atoms with van der Waals surface area (Å²) >= 11 is 0. The topological polar surface area (TPSA) is 149 Å². The van der Waals surface area contributed by atoms with E-state index in [0.717, 1.165) is 11.1 Å². The van der Waals surface area contributed by atoms with Crippen molar-refractivity contribution >= 4 is 29.1 Å². The molecule has 0 unspecified atom stereocenters. The number of amides is 1. The Morgan fingerprint density at radius 2 is 1.80 bits per heavy atom. The lowest BCUT2D eigenvalue weighted by atomic mass is 10.0. The first-order chi connectivity index (χ1) is 19.4. The molecule has 2 heterocycles. The molecule has 0 spiro atoms. The molecule has 0 bridgehead atoms. The van der Waals surface area contributed by atoms with Crippen molar-refractivity contribution in [1.29, 1.82) is 0 Å². The van der Waals surface area contributed by atoms with Crippen LogP contribution in [0.3, 0.4) is 0 Å². The van der Waals surface area contributed by atoms with Gasteiger partial charge in [-0.3, -0.25) is 4.79 Å². The number of nitrogens with zero attached hydrogens (tertiary/aromatic N) is 4. The van der Waals surface area contributed by atoms with E-state index in [-0.39, 0.29) is 17.6 Å². The third-order valence-corrected chi connectivity index (χ3v) is 6.47. The zero-order valence-electron chi connectivity index (χ0n) is 21.9. The number of nitrogen functional groups attached to an aromatic ring is 2. The zero-order chi connectivity index (χ0) is 28.2. The molecular weight excluding hydrogens is 508 g/mol. The second-order valence-corrected chi connectivity index (χ2v) is 9.00. The molecule has 40 heavy (non-hydrogen) atoms. The number of anilines is 3. The third-order valence-electron chi connectivity index (χ3n) is 6.47. The van der Waals surface area contributed by atoms with Gasteiger partial charge in [-0.05, 0) is 41.5 Å². The second-order valence-electron chi connectivity index (χ2n) is 9.00. The molecular formula is C30H26N6O4. The average molecular weight is 535 g/mol. The van der Waals surface area contributed by atoms with Gasteiger partial charge in [-0.25, -0.2) is 4.98 Å². The normalized spacial score (nSPS) is 13.1. The molecule has 4 aromatic rings. The minimum atomic E-state index is -0.378. The first kappa shape index (κ1) is 26.1. The molecule has 5 rings (SSSR count). The highest BCUT2D eigenvalue weighted by atomic mass is 16.5. The van der Waals surface area contributed by atoms with Gasteiger partial charge in [0.2, 0.25) is 5.95 Å². The smallest absolute Gasteiger partial charge is 0.281 e. The molecule has 200 valence electrons. The summed E-state index contributed by atoms with van der Waals surface area (Å²) in [6.07, 6.45) is 2.02. The third kappa shape index (κ3) is 5.08. The Balaban J connectivity index is 1.49. The van der Waals surface area contributed by atoms with E-state index in [1.807, 2.05) is 48.5 Å². The summed E-state index contributed by atoms with van der Waals surface area (Å²) in [6.45, 7) is 0.351. The van der Waals surface area contributed by atoms with Gasteiger partial charge in [-0.2, -0.15) is 4.98 Å². The number of benzene rings is 3. The Kier molecular flexibility index (Phi) is 7.20. The fourth-order valence-corrected chi connectivity index (χ4v) is 4.56. The predicted octanol–water partition coefficient (Wildman–Crippen LogP) is 3.37. The summed E-state index contributed by atoms with van der Waals surface area (Å²) in [4.78, 5) is 22.7. The van der Waals surface area contributed by atoms with Crippen LogP contribution in [0.1, 0.15) is 33.4 Å². The van der Waals surface area contributed by atoms with Gasteiger partial charge in [-0.1, -0.05) is 47.3 Å². The Bertz CT molecular complexity index is 1690. The lowest BCUT2D eigenvalue weighted by Crippen LogP contribution is -2.29. The fraction of sp³-hybridized carbons (Fsp3) is 0.133. The first-order valence-electron chi connectivity index (χ1n) is 12.3. The van der Waals surface area contributed by atoms with Crippen molar-refractivity contribution in [3.8, 4) is 23.3 Å². The van der Waals surface area contributed by atoms with Crippen LogP contribution >= 0.6 is 0 Å². The zero-order valence-corrected chi connectivity index (χ0v) is 21.9. The van der Waals surface area contributed by atoms with Crippen LogP contribution < -0.4 is 25.8 Å². The molecule has 1 aliphatic rings. The quantitative estimate of drug-likeness (QED) is 0.194. The molecule has 0 saturated heterocycles. The Labute approximate surface area is 230 Å². The summed E-state index contributed by atoms with van der Waals surface area (Å²) in [6, 6.07) is 18.7. The van der Waals surface area contributed by atoms with Crippen LogP contribution in [0, 0.1) is 11.8 Å². The van der Waals surface area contributed by atoms with E-state index in [2.05, 4.69) is 27.0 Å². The molecule has 0 radical (unpaired) electrons. The number of aromatic nitrogens is 2. The second kappa shape index (κ2) is 11.0. The van der Waals surface area contributed by atoms with E-state index in [0.29, 0.717) is 58.2 Å². The van der Waals surface area contributed by atoms with Crippen LogP contribution in [-0.4, -0.2) is 41.0 Å². The Morgan fingerprint density at radius 1 is 1.00 bits per heavy atom. The summed E-state index contributed by atoms with van der Waals surface area (Å²) in [7, 11) is 3.09. The number of oxime groups is 1. The average Bonchev–Trinajstić information content (AvgIpc) is 3.22. The molecule has 3 aromatic carbocycles. The standard InChI is InChI=1S/C30H26N6O4/c1-39-25-15-20(13-22-16-33-30(32)34-28(22)31)12-21(27(25)40-2)10-8-18-9-11-24-23(14-18)26(35-38)29(37)36(24)17-19-6-4-3-5-7-19/h3-7,9,11-12,14-16,38H,13,17H2,1-2H3,(H4,31,32,33,34). The molecule has 1 aliphatic heterocycles. The maximum absolute atomic E-state index is 13.0. The van der Waals surface area contributed by atoms with Crippen molar-refractivity contribution in [2.45, 2.75) is 13.0 Å². The molecule has 0 fully saturated rings. The number of hydrogen-bond acceptors (Lipinski definition) is 9. The SMILES string of the molecule is COc1cc(Cc2cnc(N)nc2N)cc(C#Cc2ccc3c(c2)C(=NO)C(=O)N3Cc2ccccc2)c1OC. The number of carbonyl (C=O) groups excluding carboxylic acids is 1. The van der Waals surface area contributed by atoms with Gasteiger partial charge >= 0.3 is 0 Å². The molecule has 10 heteroatoms. The lowest BCUT2D eigenvalue weighted by molar-refractivity contribution is -0.112. The van der Waals surface area contributed by atoms with Crippen molar-refractivity contribution in [1.82, 2.24) is 9.97 Å². The van der Waals surface area contributed by atoms with Crippen molar-refractivity contribution in [3.63, 3.8) is 0 Å². The first-order valence-corrected chi connectivity index (χ1v) is 12.3. The highest BCUT2D eigenvalue weighted by Gasteiger charge is 2.34. The van der Waals surface area contributed by atoms with Gasteiger partial charge in [-0.15, -0.1) is 0 Å². The number of hydrogen-bond donors (Lipinski definition) is 3. The molecule has 0 aliphatic carbocycles. The fourth-order valence-electron chi connectivity index (χ4n) is 4.56. The van der Waals surface area contributed by atoms with Crippen molar-refractivity contribution in [2.75, 3.05) is 30.6 Å². The Morgan fingerprint density at radius 3 is 2.50 bits per heavy atom. The van der Waals surface area contributed by atoms with Gasteiger partial charge in [0.05, 0.1) is 32.0 Å². The molecule has 0 atom stereocenters. The summed E-state index contributed by atoms with van der Waals surface area (Å²) < 4.78 is 11.2. The number of methoxy groups -OCH3 is 2. The van der Waals surface area contributed by atoms with Gasteiger partial charge in [0.25, 0.3) is 5.91 Å². The number of rotatable bonds is 6. The van der Waals surface area contributed by atoms with Crippen LogP contribution in [0.5, 0.6) is 11.5 Å². The molecule has 1 amide bonds. The van der Waals surface area contributed by atoms with Crippen molar-refractivity contribution in [3.05, 3.63) is 100 Å². The maximum atomic E-state index is 13.0. The number of ether oxygens (including phenoxy) is 2. The van der Waals surface area contributed by atoms with Crippen LogP contribution in [0.2, 0.25) is 0 Å². The number of nitrogens with two attached hydrogens (primary N) is 2. The predicted molar refractivity (Wildman–Crippen MR) is 152 cm³/mol. The monoisotopic (exact) mass is 534 g/mol.